The smallest absolute Gasteiger partial charge is 0.286 e. The lowest BCUT2D eigenvalue weighted by atomic mass is 10.1. The number of hydrogen-bond acceptors (Lipinski definition) is 3. The topological polar surface area (TPSA) is 53.4 Å². The summed E-state index contributed by atoms with van der Waals surface area (Å²) >= 11 is 0. The third-order valence-corrected chi connectivity index (χ3v) is 4.86. The van der Waals surface area contributed by atoms with Crippen molar-refractivity contribution in [3.8, 4) is 0 Å². The quantitative estimate of drug-likeness (QED) is 0.608. The molecule has 0 saturated carbocycles. The molecule has 1 N–H and O–H groups in total. The van der Waals surface area contributed by atoms with E-state index < -0.39 is 17.9 Å². The van der Waals surface area contributed by atoms with E-state index in [4.69, 9.17) is 0 Å². The van der Waals surface area contributed by atoms with Gasteiger partial charge in [-0.25, -0.2) is 0 Å². The zero-order valence-electron chi connectivity index (χ0n) is 16.9. The normalized spacial score (nSPS) is 12.4. The Bertz CT molecular complexity index is 969. The molecule has 3 aromatic rings. The molecule has 0 aliphatic rings. The highest BCUT2D eigenvalue weighted by molar-refractivity contribution is 5.97. The molecule has 4 nitrogen and oxygen atoms in total. The third-order valence-electron chi connectivity index (χ3n) is 4.86. The van der Waals surface area contributed by atoms with Crippen molar-refractivity contribution in [1.29, 1.82) is 0 Å². The summed E-state index contributed by atoms with van der Waals surface area (Å²) in [4.78, 5) is 18.4. The monoisotopic (exact) mass is 410 g/mol. The number of carbonyl (C=O) groups excluding carboxylic acids is 1. The number of amides is 1. The van der Waals surface area contributed by atoms with E-state index in [-0.39, 0.29) is 12.2 Å². The SMILES string of the molecule is Cc1ccc(N(CCc2ccc(C(C)(F)F)nc2)C(=O)C(O)c2ccccc2)cc1. The van der Waals surface area contributed by atoms with Crippen LogP contribution >= 0.6 is 0 Å². The molecule has 1 unspecified atom stereocenters. The summed E-state index contributed by atoms with van der Waals surface area (Å²) in [7, 11) is 0. The summed E-state index contributed by atoms with van der Waals surface area (Å²) in [6.07, 6.45) is 0.508. The van der Waals surface area contributed by atoms with Gasteiger partial charge in [-0.1, -0.05) is 54.1 Å². The molecule has 0 aliphatic heterocycles. The predicted octanol–water partition coefficient (Wildman–Crippen LogP) is 4.81. The highest BCUT2D eigenvalue weighted by Crippen LogP contribution is 2.25. The van der Waals surface area contributed by atoms with Gasteiger partial charge in [0.1, 0.15) is 5.69 Å². The minimum Gasteiger partial charge on any atom is -0.378 e. The summed E-state index contributed by atoms with van der Waals surface area (Å²) in [6.45, 7) is 3.03. The van der Waals surface area contributed by atoms with Crippen molar-refractivity contribution in [2.45, 2.75) is 32.3 Å². The van der Waals surface area contributed by atoms with Crippen molar-refractivity contribution in [3.63, 3.8) is 0 Å². The summed E-state index contributed by atoms with van der Waals surface area (Å²) in [5, 5.41) is 10.6. The second-order valence-corrected chi connectivity index (χ2v) is 7.33. The Balaban J connectivity index is 1.81. The molecule has 0 aliphatic carbocycles. The highest BCUT2D eigenvalue weighted by Gasteiger charge is 2.27. The molecule has 3 rings (SSSR count). The molecule has 1 aromatic heterocycles. The molecule has 1 atom stereocenters. The van der Waals surface area contributed by atoms with Crippen molar-refractivity contribution in [3.05, 3.63) is 95.3 Å². The van der Waals surface area contributed by atoms with Crippen LogP contribution in [0.2, 0.25) is 0 Å². The van der Waals surface area contributed by atoms with Crippen LogP contribution in [0.3, 0.4) is 0 Å². The van der Waals surface area contributed by atoms with Crippen LogP contribution in [-0.4, -0.2) is 22.5 Å². The van der Waals surface area contributed by atoms with Gasteiger partial charge in [-0.2, -0.15) is 8.78 Å². The predicted molar refractivity (Wildman–Crippen MR) is 112 cm³/mol. The van der Waals surface area contributed by atoms with Gasteiger partial charge in [0.05, 0.1) is 0 Å². The molecular weight excluding hydrogens is 386 g/mol. The summed E-state index contributed by atoms with van der Waals surface area (Å²) in [6, 6.07) is 19.1. The number of benzene rings is 2. The number of halogens is 2. The number of anilines is 1. The van der Waals surface area contributed by atoms with E-state index in [1.807, 2.05) is 37.3 Å². The zero-order valence-corrected chi connectivity index (χ0v) is 16.9. The summed E-state index contributed by atoms with van der Waals surface area (Å²) in [5.74, 6) is -3.45. The van der Waals surface area contributed by atoms with E-state index in [1.54, 1.807) is 30.3 Å². The molecule has 0 spiro atoms. The first-order chi connectivity index (χ1) is 14.3. The molecule has 1 heterocycles. The first-order valence-corrected chi connectivity index (χ1v) is 9.70. The minimum atomic E-state index is -3.00. The maximum atomic E-state index is 13.4. The van der Waals surface area contributed by atoms with Gasteiger partial charge < -0.3 is 10.0 Å². The van der Waals surface area contributed by atoms with Crippen LogP contribution in [0, 0.1) is 6.92 Å². The van der Waals surface area contributed by atoms with E-state index in [2.05, 4.69) is 4.98 Å². The second-order valence-electron chi connectivity index (χ2n) is 7.33. The zero-order chi connectivity index (χ0) is 21.7. The Morgan fingerprint density at radius 1 is 1.07 bits per heavy atom. The average molecular weight is 410 g/mol. The molecule has 1 amide bonds. The maximum Gasteiger partial charge on any atom is 0.286 e. The van der Waals surface area contributed by atoms with Crippen LogP contribution in [0.1, 0.15) is 35.4 Å². The first kappa shape index (κ1) is 21.6. The van der Waals surface area contributed by atoms with Crippen LogP contribution < -0.4 is 4.90 Å². The first-order valence-electron chi connectivity index (χ1n) is 9.70. The number of carbonyl (C=O) groups is 1. The lowest BCUT2D eigenvalue weighted by Crippen LogP contribution is -2.37. The fourth-order valence-electron chi connectivity index (χ4n) is 3.09. The highest BCUT2D eigenvalue weighted by atomic mass is 19.3. The van der Waals surface area contributed by atoms with Crippen molar-refractivity contribution >= 4 is 11.6 Å². The van der Waals surface area contributed by atoms with Crippen LogP contribution in [0.4, 0.5) is 14.5 Å². The Morgan fingerprint density at radius 2 is 1.73 bits per heavy atom. The van der Waals surface area contributed by atoms with E-state index in [0.717, 1.165) is 18.1 Å². The third kappa shape index (κ3) is 5.27. The summed E-state index contributed by atoms with van der Waals surface area (Å²) < 4.78 is 26.7. The molecule has 30 heavy (non-hydrogen) atoms. The molecule has 0 bridgehead atoms. The molecule has 6 heteroatoms. The van der Waals surface area contributed by atoms with Gasteiger partial charge in [-0.05, 0) is 42.7 Å². The molecule has 2 aromatic carbocycles. The molecule has 0 saturated heterocycles. The fourth-order valence-corrected chi connectivity index (χ4v) is 3.09. The van der Waals surface area contributed by atoms with Crippen molar-refractivity contribution in [2.75, 3.05) is 11.4 Å². The lowest BCUT2D eigenvalue weighted by Gasteiger charge is -2.26. The molecular formula is C24H24F2N2O2. The van der Waals surface area contributed by atoms with Gasteiger partial charge in [-0.3, -0.25) is 9.78 Å². The fraction of sp³-hybridized carbons (Fsp3) is 0.250. The van der Waals surface area contributed by atoms with E-state index >= 15 is 0 Å². The maximum absolute atomic E-state index is 13.4. The van der Waals surface area contributed by atoms with Gasteiger partial charge in [0.15, 0.2) is 6.10 Å². The Morgan fingerprint density at radius 3 is 2.30 bits per heavy atom. The number of pyridine rings is 1. The lowest BCUT2D eigenvalue weighted by molar-refractivity contribution is -0.126. The average Bonchev–Trinajstić information content (AvgIpc) is 2.74. The number of nitrogens with zero attached hydrogens (tertiary/aromatic N) is 2. The molecule has 156 valence electrons. The number of hydrogen-bond donors (Lipinski definition) is 1. The van der Waals surface area contributed by atoms with Crippen molar-refractivity contribution in [1.82, 2.24) is 4.98 Å². The molecule has 0 radical (unpaired) electrons. The number of aliphatic hydroxyl groups excluding tert-OH is 1. The number of alkyl halides is 2. The number of rotatable bonds is 7. The van der Waals surface area contributed by atoms with Crippen molar-refractivity contribution in [2.24, 2.45) is 0 Å². The van der Waals surface area contributed by atoms with Gasteiger partial charge >= 0.3 is 0 Å². The number of aliphatic hydroxyl groups is 1. The van der Waals surface area contributed by atoms with Gasteiger partial charge in [0.25, 0.3) is 11.8 Å². The standard InChI is InChI=1S/C24H24F2N2O2/c1-17-8-11-20(12-9-17)28(23(30)22(29)19-6-4-3-5-7-19)15-14-18-10-13-21(27-16-18)24(2,25)26/h3-13,16,22,29H,14-15H2,1-2H3. The molecule has 0 fully saturated rings. The Kier molecular flexibility index (Phi) is 6.57. The van der Waals surface area contributed by atoms with E-state index in [9.17, 15) is 18.7 Å². The van der Waals surface area contributed by atoms with Crippen LogP contribution in [0.5, 0.6) is 0 Å². The van der Waals surface area contributed by atoms with Crippen LogP contribution in [0.15, 0.2) is 72.9 Å². The van der Waals surface area contributed by atoms with Crippen LogP contribution in [-0.2, 0) is 17.1 Å². The van der Waals surface area contributed by atoms with Gasteiger partial charge in [0.2, 0.25) is 0 Å². The minimum absolute atomic E-state index is 0.273. The Labute approximate surface area is 174 Å². The van der Waals surface area contributed by atoms with Gasteiger partial charge in [0, 0.05) is 25.4 Å². The number of aromatic nitrogens is 1. The van der Waals surface area contributed by atoms with Crippen molar-refractivity contribution < 1.29 is 18.7 Å². The summed E-state index contributed by atoms with van der Waals surface area (Å²) in [5.41, 5.74) is 2.65. The Hall–Kier alpha value is -3.12. The number of aryl methyl sites for hydroxylation is 1. The van der Waals surface area contributed by atoms with Gasteiger partial charge in [-0.15, -0.1) is 0 Å². The van der Waals surface area contributed by atoms with Crippen LogP contribution in [0.25, 0.3) is 0 Å². The largest absolute Gasteiger partial charge is 0.378 e. The van der Waals surface area contributed by atoms with E-state index in [0.29, 0.717) is 17.7 Å². The second kappa shape index (κ2) is 9.13. The van der Waals surface area contributed by atoms with E-state index in [1.165, 1.54) is 17.2 Å².